The molecule has 2 amide bonds. The molecule has 0 aromatic heterocycles. The number of hydrogen-bond donors (Lipinski definition) is 1. The zero-order valence-corrected chi connectivity index (χ0v) is 28.4. The van der Waals surface area contributed by atoms with E-state index in [2.05, 4.69) is 5.32 Å². The monoisotopic (exact) mass is 659 g/mol. The Morgan fingerprint density at radius 2 is 1.52 bits per heavy atom. The molecule has 0 aliphatic rings. The van der Waals surface area contributed by atoms with Gasteiger partial charge in [0.15, 0.2) is 0 Å². The van der Waals surface area contributed by atoms with E-state index in [1.165, 1.54) is 17.0 Å². The Bertz CT molecular complexity index is 1740. The van der Waals surface area contributed by atoms with Gasteiger partial charge < -0.3 is 10.2 Å². The van der Waals surface area contributed by atoms with Gasteiger partial charge in [0.1, 0.15) is 12.6 Å². The van der Waals surface area contributed by atoms with Crippen molar-refractivity contribution in [2.75, 3.05) is 17.4 Å². The number of carbonyl (C=O) groups excluding carboxylic acids is 2. The summed E-state index contributed by atoms with van der Waals surface area (Å²) in [4.78, 5) is 30.1. The van der Waals surface area contributed by atoms with Crippen LogP contribution < -0.4 is 9.62 Å². The lowest BCUT2D eigenvalue weighted by molar-refractivity contribution is -0.140. The lowest BCUT2D eigenvalue weighted by atomic mass is 10.0. The Morgan fingerprint density at radius 3 is 2.20 bits per heavy atom. The van der Waals surface area contributed by atoms with Gasteiger partial charge in [-0.15, -0.1) is 0 Å². The molecule has 1 unspecified atom stereocenters. The number of halogens is 1. The van der Waals surface area contributed by atoms with E-state index in [1.807, 2.05) is 75.4 Å². The van der Waals surface area contributed by atoms with E-state index in [-0.39, 0.29) is 23.8 Å². The first kappa shape index (κ1) is 34.7. The van der Waals surface area contributed by atoms with Gasteiger partial charge in [0.05, 0.1) is 10.6 Å². The quantitative estimate of drug-likeness (QED) is 0.148. The van der Waals surface area contributed by atoms with Crippen molar-refractivity contribution >= 4 is 39.1 Å². The molecule has 4 aromatic carbocycles. The molecule has 7 nitrogen and oxygen atoms in total. The number of anilines is 1. The summed E-state index contributed by atoms with van der Waals surface area (Å²) < 4.78 is 29.7. The van der Waals surface area contributed by atoms with Gasteiger partial charge in [0.25, 0.3) is 10.0 Å². The van der Waals surface area contributed by atoms with E-state index in [0.717, 1.165) is 39.4 Å². The number of amides is 2. The summed E-state index contributed by atoms with van der Waals surface area (Å²) in [6.07, 6.45) is 1.96. The average Bonchev–Trinajstić information content (AvgIpc) is 3.03. The van der Waals surface area contributed by atoms with Gasteiger partial charge in [-0.25, -0.2) is 8.42 Å². The number of nitrogens with zero attached hydrogens (tertiary/aromatic N) is 2. The fraction of sp³-hybridized carbons (Fsp3) is 0.297. The summed E-state index contributed by atoms with van der Waals surface area (Å²) in [5.74, 6) is -0.798. The molecule has 0 spiro atoms. The molecule has 9 heteroatoms. The van der Waals surface area contributed by atoms with Crippen LogP contribution in [0.5, 0.6) is 0 Å². The summed E-state index contributed by atoms with van der Waals surface area (Å²) >= 11 is 6.37. The van der Waals surface area contributed by atoms with Crippen LogP contribution in [0.2, 0.25) is 5.02 Å². The first-order valence-corrected chi connectivity index (χ1v) is 17.3. The van der Waals surface area contributed by atoms with E-state index in [4.69, 9.17) is 11.6 Å². The molecule has 0 heterocycles. The lowest BCUT2D eigenvalue weighted by Gasteiger charge is -2.34. The number of aryl methyl sites for hydroxylation is 3. The highest BCUT2D eigenvalue weighted by molar-refractivity contribution is 7.92. The maximum absolute atomic E-state index is 14.6. The number of rotatable bonds is 14. The van der Waals surface area contributed by atoms with Crippen LogP contribution in [0.3, 0.4) is 0 Å². The zero-order chi connectivity index (χ0) is 33.3. The fourth-order valence-electron chi connectivity index (χ4n) is 5.27. The Morgan fingerprint density at radius 1 is 0.826 bits per heavy atom. The van der Waals surface area contributed by atoms with E-state index in [0.29, 0.717) is 22.8 Å². The van der Waals surface area contributed by atoms with Crippen molar-refractivity contribution in [1.29, 1.82) is 0 Å². The van der Waals surface area contributed by atoms with Crippen LogP contribution in [0.25, 0.3) is 0 Å². The fourth-order valence-corrected chi connectivity index (χ4v) is 6.91. The van der Waals surface area contributed by atoms with E-state index in [9.17, 15) is 18.0 Å². The van der Waals surface area contributed by atoms with Gasteiger partial charge in [0, 0.05) is 24.5 Å². The van der Waals surface area contributed by atoms with Gasteiger partial charge in [-0.2, -0.15) is 0 Å². The molecule has 4 aromatic rings. The molecule has 1 N–H and O–H groups in total. The van der Waals surface area contributed by atoms with Crippen LogP contribution >= 0.6 is 11.6 Å². The second kappa shape index (κ2) is 15.9. The minimum absolute atomic E-state index is 0.0497. The van der Waals surface area contributed by atoms with Gasteiger partial charge >= 0.3 is 0 Å². The number of sulfonamides is 1. The van der Waals surface area contributed by atoms with E-state index >= 15 is 0 Å². The van der Waals surface area contributed by atoms with Crippen LogP contribution in [0.15, 0.2) is 102 Å². The molecule has 0 fully saturated rings. The van der Waals surface area contributed by atoms with Crippen molar-refractivity contribution in [3.63, 3.8) is 0 Å². The number of nitrogens with one attached hydrogen (secondary N) is 1. The van der Waals surface area contributed by atoms with Crippen LogP contribution in [0, 0.1) is 20.8 Å². The van der Waals surface area contributed by atoms with Gasteiger partial charge in [-0.3, -0.25) is 13.9 Å². The van der Waals surface area contributed by atoms with Crippen LogP contribution in [-0.2, 0) is 32.6 Å². The third-order valence-electron chi connectivity index (χ3n) is 7.86. The average molecular weight is 660 g/mol. The molecular weight excluding hydrogens is 618 g/mol. The molecule has 0 saturated carbocycles. The summed E-state index contributed by atoms with van der Waals surface area (Å²) in [7, 11) is -4.21. The van der Waals surface area contributed by atoms with Crippen molar-refractivity contribution < 1.29 is 18.0 Å². The topological polar surface area (TPSA) is 86.8 Å². The van der Waals surface area contributed by atoms with Crippen LogP contribution in [0.1, 0.15) is 47.6 Å². The first-order valence-electron chi connectivity index (χ1n) is 15.5. The molecule has 0 saturated heterocycles. The minimum atomic E-state index is -4.21. The summed E-state index contributed by atoms with van der Waals surface area (Å²) in [6.45, 7) is 7.72. The summed E-state index contributed by atoms with van der Waals surface area (Å²) in [6, 6.07) is 27.9. The normalized spacial score (nSPS) is 11.9. The van der Waals surface area contributed by atoms with Crippen molar-refractivity contribution in [1.82, 2.24) is 10.2 Å². The van der Waals surface area contributed by atoms with Crippen molar-refractivity contribution in [3.8, 4) is 0 Å². The summed E-state index contributed by atoms with van der Waals surface area (Å²) in [5, 5.41) is 3.36. The second-order valence-electron chi connectivity index (χ2n) is 11.6. The molecule has 0 bridgehead atoms. The summed E-state index contributed by atoms with van der Waals surface area (Å²) in [5.41, 5.74) is 4.56. The van der Waals surface area contributed by atoms with Gasteiger partial charge in [0.2, 0.25) is 11.8 Å². The Balaban J connectivity index is 1.82. The third-order valence-corrected chi connectivity index (χ3v) is 9.87. The standard InChI is InChI=1S/C37H42ClN3O4S/c1-5-6-21-39-37(43)35(23-30-12-8-7-9-13-30)40(25-31-14-10-11-28(3)22-31)36(42)26-41(34-24-32(38)18-17-29(34)4)46(44,45)33-19-15-27(2)16-20-33/h7-20,22,24,35H,5-6,21,23,25-26H2,1-4H3,(H,39,43). The predicted octanol–water partition coefficient (Wildman–Crippen LogP) is 7.02. The molecule has 1 atom stereocenters. The zero-order valence-electron chi connectivity index (χ0n) is 26.9. The van der Waals surface area contributed by atoms with Crippen molar-refractivity contribution in [2.45, 2.75) is 64.4 Å². The highest BCUT2D eigenvalue weighted by atomic mass is 35.5. The minimum Gasteiger partial charge on any atom is -0.354 e. The largest absolute Gasteiger partial charge is 0.354 e. The highest BCUT2D eigenvalue weighted by Gasteiger charge is 2.35. The number of benzene rings is 4. The lowest BCUT2D eigenvalue weighted by Crippen LogP contribution is -2.53. The van der Waals surface area contributed by atoms with Gasteiger partial charge in [-0.05, 0) is 68.1 Å². The Hall–Kier alpha value is -4.14. The second-order valence-corrected chi connectivity index (χ2v) is 13.9. The molecule has 0 radical (unpaired) electrons. The first-order chi connectivity index (χ1) is 22.0. The SMILES string of the molecule is CCCCNC(=O)C(Cc1ccccc1)N(Cc1cccc(C)c1)C(=O)CN(c1cc(Cl)ccc1C)S(=O)(=O)c1ccc(C)cc1. The van der Waals surface area contributed by atoms with Crippen molar-refractivity contribution in [3.05, 3.63) is 130 Å². The smallest absolute Gasteiger partial charge is 0.264 e. The van der Waals surface area contributed by atoms with Gasteiger partial charge in [-0.1, -0.05) is 109 Å². The molecule has 46 heavy (non-hydrogen) atoms. The molecular formula is C37H42ClN3O4S. The molecule has 0 aliphatic carbocycles. The van der Waals surface area contributed by atoms with Crippen molar-refractivity contribution in [2.24, 2.45) is 0 Å². The third kappa shape index (κ3) is 8.98. The molecule has 0 aliphatic heterocycles. The number of hydrogen-bond acceptors (Lipinski definition) is 4. The number of unbranched alkanes of at least 4 members (excludes halogenated alkanes) is 1. The highest BCUT2D eigenvalue weighted by Crippen LogP contribution is 2.30. The van der Waals surface area contributed by atoms with Crippen LogP contribution in [0.4, 0.5) is 5.69 Å². The van der Waals surface area contributed by atoms with E-state index in [1.54, 1.807) is 37.3 Å². The maximum atomic E-state index is 14.6. The van der Waals surface area contributed by atoms with Crippen LogP contribution in [-0.4, -0.2) is 44.3 Å². The predicted molar refractivity (Wildman–Crippen MR) is 185 cm³/mol. The Labute approximate surface area is 278 Å². The molecule has 242 valence electrons. The molecule has 4 rings (SSSR count). The number of carbonyl (C=O) groups is 2. The Kier molecular flexibility index (Phi) is 12.0. The maximum Gasteiger partial charge on any atom is 0.264 e. The van der Waals surface area contributed by atoms with E-state index < -0.39 is 28.5 Å².